The van der Waals surface area contributed by atoms with Crippen LogP contribution in [0.3, 0.4) is 0 Å². The molecule has 2 N–H and O–H groups in total. The Bertz CT molecular complexity index is 226. The van der Waals surface area contributed by atoms with E-state index >= 15 is 0 Å². The normalized spacial score (nSPS) is 37.9. The van der Waals surface area contributed by atoms with Gasteiger partial charge >= 0.3 is 0 Å². The minimum absolute atomic E-state index is 0.0736. The van der Waals surface area contributed by atoms with Crippen molar-refractivity contribution in [1.82, 2.24) is 0 Å². The molecule has 0 aromatic heterocycles. The van der Waals surface area contributed by atoms with Crippen molar-refractivity contribution >= 4 is 0 Å². The Kier molecular flexibility index (Phi) is 4.83. The van der Waals surface area contributed by atoms with E-state index < -0.39 is 0 Å². The molecular weight excluding hydrogens is 216 g/mol. The van der Waals surface area contributed by atoms with E-state index in [0.29, 0.717) is 12.3 Å². The van der Waals surface area contributed by atoms with Crippen molar-refractivity contribution in [1.29, 1.82) is 0 Å². The predicted molar refractivity (Wildman–Crippen MR) is 66.7 cm³/mol. The Balaban J connectivity index is 1.88. The highest BCUT2D eigenvalue weighted by Gasteiger charge is 2.37. The van der Waals surface area contributed by atoms with Gasteiger partial charge in [0.15, 0.2) is 0 Å². The molecule has 3 heteroatoms. The van der Waals surface area contributed by atoms with Gasteiger partial charge < -0.3 is 14.9 Å². The van der Waals surface area contributed by atoms with Crippen LogP contribution in [0.1, 0.15) is 51.4 Å². The number of methoxy groups -OCH3 is 1. The number of ether oxygens (including phenoxy) is 1. The maximum absolute atomic E-state index is 10.4. The first kappa shape index (κ1) is 13.3. The summed E-state index contributed by atoms with van der Waals surface area (Å²) in [4.78, 5) is 0. The highest BCUT2D eigenvalue weighted by Crippen LogP contribution is 2.36. The summed E-state index contributed by atoms with van der Waals surface area (Å²) >= 11 is 0. The number of aliphatic hydroxyl groups is 2. The molecule has 0 radical (unpaired) electrons. The summed E-state index contributed by atoms with van der Waals surface area (Å²) in [6.45, 7) is 0. The predicted octanol–water partition coefficient (Wildman–Crippen LogP) is 2.10. The van der Waals surface area contributed by atoms with Gasteiger partial charge in [-0.1, -0.05) is 19.3 Å². The zero-order valence-electron chi connectivity index (χ0n) is 10.8. The van der Waals surface area contributed by atoms with Crippen molar-refractivity contribution in [3.63, 3.8) is 0 Å². The van der Waals surface area contributed by atoms with Crippen LogP contribution < -0.4 is 0 Å². The molecule has 2 aliphatic rings. The fraction of sp³-hybridized carbons (Fsp3) is 1.00. The molecule has 0 aliphatic heterocycles. The SMILES string of the molecule is COC1CCC(C(O)C2CCCCC2)C(O)C1. The summed E-state index contributed by atoms with van der Waals surface area (Å²) < 4.78 is 5.29. The quantitative estimate of drug-likeness (QED) is 0.797. The molecule has 4 atom stereocenters. The third-order valence-electron chi connectivity index (χ3n) is 4.73. The van der Waals surface area contributed by atoms with Crippen LogP contribution >= 0.6 is 0 Å². The van der Waals surface area contributed by atoms with Crippen LogP contribution in [-0.4, -0.2) is 35.6 Å². The highest BCUT2D eigenvalue weighted by molar-refractivity contribution is 4.88. The third-order valence-corrected chi connectivity index (χ3v) is 4.73. The van der Waals surface area contributed by atoms with E-state index in [9.17, 15) is 10.2 Å². The maximum Gasteiger partial charge on any atom is 0.0621 e. The Hall–Kier alpha value is -0.120. The summed E-state index contributed by atoms with van der Waals surface area (Å²) in [6.07, 6.45) is 8.12. The first-order valence-corrected chi connectivity index (χ1v) is 7.11. The maximum atomic E-state index is 10.4. The Morgan fingerprint density at radius 2 is 1.76 bits per heavy atom. The Morgan fingerprint density at radius 1 is 1.06 bits per heavy atom. The standard InChI is InChI=1S/C14H26O3/c1-17-11-7-8-12(13(15)9-11)14(16)10-5-3-2-4-6-10/h10-16H,2-9H2,1H3. The lowest BCUT2D eigenvalue weighted by Gasteiger charge is -2.39. The first-order valence-electron chi connectivity index (χ1n) is 7.11. The summed E-state index contributed by atoms with van der Waals surface area (Å²) in [5, 5.41) is 20.6. The van der Waals surface area contributed by atoms with Crippen LogP contribution in [0.2, 0.25) is 0 Å². The Morgan fingerprint density at radius 3 is 2.35 bits per heavy atom. The second kappa shape index (κ2) is 6.17. The van der Waals surface area contributed by atoms with Gasteiger partial charge in [-0.2, -0.15) is 0 Å². The summed E-state index contributed by atoms with van der Waals surface area (Å²) in [5.41, 5.74) is 0. The summed E-state index contributed by atoms with van der Waals surface area (Å²) in [7, 11) is 1.70. The summed E-state index contributed by atoms with van der Waals surface area (Å²) in [6, 6.07) is 0. The fourth-order valence-electron chi connectivity index (χ4n) is 3.57. The molecule has 0 bridgehead atoms. The van der Waals surface area contributed by atoms with E-state index in [2.05, 4.69) is 0 Å². The largest absolute Gasteiger partial charge is 0.393 e. The smallest absolute Gasteiger partial charge is 0.0621 e. The van der Waals surface area contributed by atoms with Gasteiger partial charge in [-0.25, -0.2) is 0 Å². The Labute approximate surface area is 104 Å². The lowest BCUT2D eigenvalue weighted by molar-refractivity contribution is -0.0796. The minimum atomic E-state index is -0.384. The van der Waals surface area contributed by atoms with Gasteiger partial charge in [-0.15, -0.1) is 0 Å². The molecule has 3 nitrogen and oxygen atoms in total. The van der Waals surface area contributed by atoms with Crippen LogP contribution in [-0.2, 0) is 4.74 Å². The van der Waals surface area contributed by atoms with Gasteiger partial charge in [-0.3, -0.25) is 0 Å². The van der Waals surface area contributed by atoms with Crippen LogP contribution in [0.4, 0.5) is 0 Å². The van der Waals surface area contributed by atoms with Crippen molar-refractivity contribution in [2.75, 3.05) is 7.11 Å². The molecule has 0 aromatic carbocycles. The fourth-order valence-corrected chi connectivity index (χ4v) is 3.57. The van der Waals surface area contributed by atoms with Gasteiger partial charge in [0.2, 0.25) is 0 Å². The third kappa shape index (κ3) is 3.21. The average molecular weight is 242 g/mol. The summed E-state index contributed by atoms with van der Waals surface area (Å²) in [5.74, 6) is 0.493. The molecule has 2 fully saturated rings. The van der Waals surface area contributed by atoms with Gasteiger partial charge in [0.05, 0.1) is 18.3 Å². The van der Waals surface area contributed by atoms with Crippen LogP contribution in [0.5, 0.6) is 0 Å². The highest BCUT2D eigenvalue weighted by atomic mass is 16.5. The molecule has 2 rings (SSSR count). The molecular formula is C14H26O3. The van der Waals surface area contributed by atoms with E-state index in [0.717, 1.165) is 25.7 Å². The van der Waals surface area contributed by atoms with Gasteiger partial charge in [0.25, 0.3) is 0 Å². The topological polar surface area (TPSA) is 49.7 Å². The molecule has 0 saturated heterocycles. The average Bonchev–Trinajstić information content (AvgIpc) is 2.39. The zero-order valence-corrected chi connectivity index (χ0v) is 10.8. The number of hydrogen-bond acceptors (Lipinski definition) is 3. The van der Waals surface area contributed by atoms with E-state index in [-0.39, 0.29) is 24.2 Å². The molecule has 2 aliphatic carbocycles. The second-order valence-electron chi connectivity index (χ2n) is 5.79. The van der Waals surface area contributed by atoms with E-state index in [1.165, 1.54) is 19.3 Å². The molecule has 0 aromatic rings. The molecule has 2 saturated carbocycles. The van der Waals surface area contributed by atoms with E-state index in [1.54, 1.807) is 7.11 Å². The van der Waals surface area contributed by atoms with Crippen LogP contribution in [0.15, 0.2) is 0 Å². The monoisotopic (exact) mass is 242 g/mol. The van der Waals surface area contributed by atoms with Crippen molar-refractivity contribution in [3.05, 3.63) is 0 Å². The molecule has 17 heavy (non-hydrogen) atoms. The zero-order chi connectivity index (χ0) is 12.3. The molecule has 0 heterocycles. The lowest BCUT2D eigenvalue weighted by atomic mass is 9.73. The van der Waals surface area contributed by atoms with Crippen molar-refractivity contribution in [3.8, 4) is 0 Å². The van der Waals surface area contributed by atoms with Crippen LogP contribution in [0.25, 0.3) is 0 Å². The van der Waals surface area contributed by atoms with Crippen LogP contribution in [0, 0.1) is 11.8 Å². The van der Waals surface area contributed by atoms with Crippen molar-refractivity contribution < 1.29 is 14.9 Å². The first-order chi connectivity index (χ1) is 8.22. The molecule has 4 unspecified atom stereocenters. The van der Waals surface area contributed by atoms with Gasteiger partial charge in [0.1, 0.15) is 0 Å². The number of aliphatic hydroxyl groups excluding tert-OH is 2. The van der Waals surface area contributed by atoms with Gasteiger partial charge in [0, 0.05) is 13.0 Å². The van der Waals surface area contributed by atoms with E-state index in [4.69, 9.17) is 4.74 Å². The molecule has 100 valence electrons. The second-order valence-corrected chi connectivity index (χ2v) is 5.79. The minimum Gasteiger partial charge on any atom is -0.393 e. The van der Waals surface area contributed by atoms with Gasteiger partial charge in [-0.05, 0) is 38.0 Å². The number of rotatable bonds is 3. The molecule has 0 amide bonds. The lowest BCUT2D eigenvalue weighted by Crippen LogP contribution is -2.43. The molecule has 0 spiro atoms. The van der Waals surface area contributed by atoms with Crippen molar-refractivity contribution in [2.45, 2.75) is 69.7 Å². The van der Waals surface area contributed by atoms with Crippen molar-refractivity contribution in [2.24, 2.45) is 11.8 Å². The number of hydrogen-bond donors (Lipinski definition) is 2. The van der Waals surface area contributed by atoms with E-state index in [1.807, 2.05) is 0 Å².